The number of anilines is 1. The Labute approximate surface area is 112 Å². The van der Waals surface area contributed by atoms with E-state index >= 15 is 0 Å². The summed E-state index contributed by atoms with van der Waals surface area (Å²) in [5.74, 6) is 0.0472. The maximum atomic E-state index is 12.7. The standard InChI is InChI=1S/C16H16N2O/c17-11-13-6-1-3-7-14(13)16(19)18-10-9-12-5-2-4-8-15(12)18/h1-8H,9-11,17H2. The summed E-state index contributed by atoms with van der Waals surface area (Å²) >= 11 is 0. The molecule has 0 radical (unpaired) electrons. The predicted octanol–water partition coefficient (Wildman–Crippen LogP) is 2.35. The zero-order chi connectivity index (χ0) is 13.2. The normalized spacial score (nSPS) is 13.4. The van der Waals surface area contributed by atoms with E-state index in [-0.39, 0.29) is 5.91 Å². The summed E-state index contributed by atoms with van der Waals surface area (Å²) in [5, 5.41) is 0. The summed E-state index contributed by atoms with van der Waals surface area (Å²) in [7, 11) is 0. The lowest BCUT2D eigenvalue weighted by atomic mass is 10.1. The van der Waals surface area contributed by atoms with Crippen molar-refractivity contribution in [3.05, 3.63) is 65.2 Å². The molecule has 1 heterocycles. The first-order chi connectivity index (χ1) is 9.31. The van der Waals surface area contributed by atoms with Gasteiger partial charge < -0.3 is 10.6 Å². The predicted molar refractivity (Wildman–Crippen MR) is 76.2 cm³/mol. The Bertz CT molecular complexity index is 622. The molecule has 0 bridgehead atoms. The first-order valence-corrected chi connectivity index (χ1v) is 6.49. The molecule has 1 aliphatic rings. The van der Waals surface area contributed by atoms with Gasteiger partial charge in [-0.25, -0.2) is 0 Å². The maximum Gasteiger partial charge on any atom is 0.258 e. The minimum atomic E-state index is 0.0472. The molecule has 0 fully saturated rings. The average molecular weight is 252 g/mol. The van der Waals surface area contributed by atoms with E-state index in [9.17, 15) is 4.79 Å². The molecule has 2 aromatic carbocycles. The third kappa shape index (κ3) is 2.02. The number of benzene rings is 2. The minimum Gasteiger partial charge on any atom is -0.326 e. The number of rotatable bonds is 2. The lowest BCUT2D eigenvalue weighted by Crippen LogP contribution is -2.30. The quantitative estimate of drug-likeness (QED) is 0.891. The van der Waals surface area contributed by atoms with Crippen molar-refractivity contribution < 1.29 is 4.79 Å². The van der Waals surface area contributed by atoms with E-state index in [0.29, 0.717) is 12.1 Å². The fraction of sp³-hybridized carbons (Fsp3) is 0.188. The van der Waals surface area contributed by atoms with Crippen molar-refractivity contribution >= 4 is 11.6 Å². The van der Waals surface area contributed by atoms with E-state index in [1.54, 1.807) is 0 Å². The summed E-state index contributed by atoms with van der Waals surface area (Å²) in [6.07, 6.45) is 0.923. The highest BCUT2D eigenvalue weighted by atomic mass is 16.2. The number of hydrogen-bond donors (Lipinski definition) is 1. The highest BCUT2D eigenvalue weighted by Crippen LogP contribution is 2.29. The Morgan fingerprint density at radius 2 is 1.84 bits per heavy atom. The van der Waals surface area contributed by atoms with Crippen molar-refractivity contribution in [2.45, 2.75) is 13.0 Å². The maximum absolute atomic E-state index is 12.7. The molecule has 19 heavy (non-hydrogen) atoms. The molecule has 0 saturated carbocycles. The Balaban J connectivity index is 1.98. The fourth-order valence-corrected chi connectivity index (χ4v) is 2.60. The van der Waals surface area contributed by atoms with E-state index < -0.39 is 0 Å². The van der Waals surface area contributed by atoms with Crippen LogP contribution in [0, 0.1) is 0 Å². The van der Waals surface area contributed by atoms with Crippen molar-refractivity contribution in [1.82, 2.24) is 0 Å². The van der Waals surface area contributed by atoms with Gasteiger partial charge in [0, 0.05) is 24.3 Å². The summed E-state index contributed by atoms with van der Waals surface area (Å²) < 4.78 is 0. The first kappa shape index (κ1) is 11.9. The molecule has 0 spiro atoms. The summed E-state index contributed by atoms with van der Waals surface area (Å²) in [6.45, 7) is 1.13. The van der Waals surface area contributed by atoms with Crippen LogP contribution in [0.1, 0.15) is 21.5 Å². The van der Waals surface area contributed by atoms with Crippen LogP contribution in [0.4, 0.5) is 5.69 Å². The molecule has 1 amide bonds. The van der Waals surface area contributed by atoms with Crippen LogP contribution in [0.15, 0.2) is 48.5 Å². The molecule has 3 rings (SSSR count). The van der Waals surface area contributed by atoms with Crippen LogP contribution in [0.3, 0.4) is 0 Å². The molecular weight excluding hydrogens is 236 g/mol. The SMILES string of the molecule is NCc1ccccc1C(=O)N1CCc2ccccc21. The van der Waals surface area contributed by atoms with Crippen molar-refractivity contribution in [2.75, 3.05) is 11.4 Å². The van der Waals surface area contributed by atoms with Crippen LogP contribution in [-0.4, -0.2) is 12.5 Å². The lowest BCUT2D eigenvalue weighted by Gasteiger charge is -2.18. The number of carbonyl (C=O) groups excluding carboxylic acids is 1. The van der Waals surface area contributed by atoms with Crippen molar-refractivity contribution in [3.63, 3.8) is 0 Å². The second kappa shape index (κ2) is 4.86. The zero-order valence-electron chi connectivity index (χ0n) is 10.7. The van der Waals surface area contributed by atoms with Gasteiger partial charge in [0.15, 0.2) is 0 Å². The Morgan fingerprint density at radius 1 is 1.11 bits per heavy atom. The molecule has 0 saturated heterocycles. The van der Waals surface area contributed by atoms with Crippen molar-refractivity contribution in [2.24, 2.45) is 5.73 Å². The molecule has 0 aliphatic carbocycles. The second-order valence-corrected chi connectivity index (χ2v) is 4.70. The van der Waals surface area contributed by atoms with Crippen molar-refractivity contribution in [3.8, 4) is 0 Å². The molecule has 1 aliphatic heterocycles. The number of fused-ring (bicyclic) bond motifs is 1. The lowest BCUT2D eigenvalue weighted by molar-refractivity contribution is 0.0988. The van der Waals surface area contributed by atoms with E-state index in [0.717, 1.165) is 24.2 Å². The largest absolute Gasteiger partial charge is 0.326 e. The summed E-state index contributed by atoms with van der Waals surface area (Å²) in [5.41, 5.74) is 9.59. The van der Waals surface area contributed by atoms with Gasteiger partial charge in [-0.05, 0) is 29.7 Å². The first-order valence-electron chi connectivity index (χ1n) is 6.49. The third-order valence-electron chi connectivity index (χ3n) is 3.60. The third-order valence-corrected chi connectivity index (χ3v) is 3.60. The molecule has 2 aromatic rings. The highest BCUT2D eigenvalue weighted by Gasteiger charge is 2.25. The molecule has 0 unspecified atom stereocenters. The van der Waals surface area contributed by atoms with Gasteiger partial charge >= 0.3 is 0 Å². The molecule has 0 aromatic heterocycles. The average Bonchev–Trinajstić information content (AvgIpc) is 2.90. The Hall–Kier alpha value is -2.13. The van der Waals surface area contributed by atoms with E-state index in [1.807, 2.05) is 47.4 Å². The van der Waals surface area contributed by atoms with Gasteiger partial charge in [-0.1, -0.05) is 36.4 Å². The Morgan fingerprint density at radius 3 is 2.68 bits per heavy atom. The van der Waals surface area contributed by atoms with Crippen LogP contribution in [0.25, 0.3) is 0 Å². The van der Waals surface area contributed by atoms with Crippen LogP contribution in [-0.2, 0) is 13.0 Å². The van der Waals surface area contributed by atoms with Crippen LogP contribution in [0.2, 0.25) is 0 Å². The number of nitrogens with zero attached hydrogens (tertiary/aromatic N) is 1. The van der Waals surface area contributed by atoms with Gasteiger partial charge in [-0.15, -0.1) is 0 Å². The van der Waals surface area contributed by atoms with E-state index in [1.165, 1.54) is 5.56 Å². The summed E-state index contributed by atoms with van der Waals surface area (Å²) in [4.78, 5) is 14.5. The van der Waals surface area contributed by atoms with Crippen LogP contribution < -0.4 is 10.6 Å². The van der Waals surface area contributed by atoms with Crippen LogP contribution in [0.5, 0.6) is 0 Å². The van der Waals surface area contributed by atoms with Gasteiger partial charge in [-0.2, -0.15) is 0 Å². The van der Waals surface area contributed by atoms with E-state index in [4.69, 9.17) is 5.73 Å². The molecule has 3 heteroatoms. The number of nitrogens with two attached hydrogens (primary N) is 1. The van der Waals surface area contributed by atoms with Crippen molar-refractivity contribution in [1.29, 1.82) is 0 Å². The topological polar surface area (TPSA) is 46.3 Å². The van der Waals surface area contributed by atoms with Gasteiger partial charge in [0.1, 0.15) is 0 Å². The Kier molecular flexibility index (Phi) is 3.05. The summed E-state index contributed by atoms with van der Waals surface area (Å²) in [6, 6.07) is 15.6. The molecular formula is C16H16N2O. The van der Waals surface area contributed by atoms with Gasteiger partial charge in [-0.3, -0.25) is 4.79 Å². The van der Waals surface area contributed by atoms with Gasteiger partial charge in [0.2, 0.25) is 0 Å². The van der Waals surface area contributed by atoms with E-state index in [2.05, 4.69) is 6.07 Å². The zero-order valence-corrected chi connectivity index (χ0v) is 10.7. The second-order valence-electron chi connectivity index (χ2n) is 4.70. The number of para-hydroxylation sites is 1. The fourth-order valence-electron chi connectivity index (χ4n) is 2.60. The van der Waals surface area contributed by atoms with Gasteiger partial charge in [0.25, 0.3) is 5.91 Å². The highest BCUT2D eigenvalue weighted by molar-refractivity contribution is 6.08. The van der Waals surface area contributed by atoms with Crippen LogP contribution >= 0.6 is 0 Å². The monoisotopic (exact) mass is 252 g/mol. The molecule has 3 nitrogen and oxygen atoms in total. The smallest absolute Gasteiger partial charge is 0.258 e. The molecule has 0 atom stereocenters. The van der Waals surface area contributed by atoms with Gasteiger partial charge in [0.05, 0.1) is 0 Å². The number of hydrogen-bond acceptors (Lipinski definition) is 2. The number of amides is 1. The molecule has 96 valence electrons. The number of carbonyl (C=O) groups is 1. The minimum absolute atomic E-state index is 0.0472. The molecule has 2 N–H and O–H groups in total.